The van der Waals surface area contributed by atoms with Crippen LogP contribution in [0.15, 0.2) is 29.2 Å². The Morgan fingerprint density at radius 2 is 1.86 bits per heavy atom. The van der Waals surface area contributed by atoms with Crippen molar-refractivity contribution in [1.82, 2.24) is 4.57 Å². The zero-order valence-corrected chi connectivity index (χ0v) is 8.66. The van der Waals surface area contributed by atoms with Gasteiger partial charge in [0, 0.05) is 13.2 Å². The molecule has 0 aliphatic rings. The summed E-state index contributed by atoms with van der Waals surface area (Å²) in [4.78, 5) is 11.9. The van der Waals surface area contributed by atoms with Gasteiger partial charge in [-0.05, 0) is 30.4 Å². The minimum Gasteiger partial charge on any atom is -0.318 e. The van der Waals surface area contributed by atoms with Gasteiger partial charge in [-0.25, -0.2) is 0 Å². The molecule has 0 bridgehead atoms. The average molecular weight is 187 g/mol. The van der Waals surface area contributed by atoms with Crippen molar-refractivity contribution in [2.45, 2.75) is 13.8 Å². The molecule has 0 spiro atoms. The van der Waals surface area contributed by atoms with Gasteiger partial charge in [0.2, 0.25) is 0 Å². The first-order valence-electron chi connectivity index (χ1n) is 4.67. The molecule has 14 heavy (non-hydrogen) atoms. The highest BCUT2D eigenvalue weighted by atomic mass is 16.1. The predicted octanol–water partition coefficient (Wildman–Crippen LogP) is 2.16. The van der Waals surface area contributed by atoms with Crippen LogP contribution in [-0.4, -0.2) is 4.57 Å². The van der Waals surface area contributed by atoms with Gasteiger partial charge in [-0.1, -0.05) is 18.2 Å². The fraction of sp³-hybridized carbons (Fsp3) is 0.250. The standard InChI is InChI=1S/C12H13NO/c1-8-5-4-6-10-9(2)7-13(3)12(14)11(8)10/h4-7H,1-3H3. The van der Waals surface area contributed by atoms with E-state index in [1.165, 1.54) is 0 Å². The predicted molar refractivity (Wildman–Crippen MR) is 58.7 cm³/mol. The number of pyridine rings is 1. The Labute approximate surface area is 82.8 Å². The Kier molecular flexibility index (Phi) is 1.92. The van der Waals surface area contributed by atoms with E-state index in [2.05, 4.69) is 0 Å². The summed E-state index contributed by atoms with van der Waals surface area (Å²) in [6.07, 6.45) is 1.88. The molecule has 0 N–H and O–H groups in total. The number of nitrogens with zero attached hydrogens (tertiary/aromatic N) is 1. The Morgan fingerprint density at radius 3 is 2.57 bits per heavy atom. The van der Waals surface area contributed by atoms with E-state index in [0.29, 0.717) is 0 Å². The van der Waals surface area contributed by atoms with Gasteiger partial charge in [0.25, 0.3) is 5.56 Å². The molecular weight excluding hydrogens is 174 g/mol. The summed E-state index contributed by atoms with van der Waals surface area (Å²) in [6.45, 7) is 4.00. The molecule has 72 valence electrons. The van der Waals surface area contributed by atoms with E-state index in [1.807, 2.05) is 38.2 Å². The zero-order valence-electron chi connectivity index (χ0n) is 8.66. The molecule has 0 unspecified atom stereocenters. The molecule has 2 nitrogen and oxygen atoms in total. The van der Waals surface area contributed by atoms with Crippen molar-refractivity contribution < 1.29 is 0 Å². The summed E-state index contributed by atoms with van der Waals surface area (Å²) >= 11 is 0. The minimum absolute atomic E-state index is 0.0868. The fourth-order valence-corrected chi connectivity index (χ4v) is 1.88. The Bertz CT molecular complexity index is 552. The summed E-state index contributed by atoms with van der Waals surface area (Å²) in [7, 11) is 1.79. The van der Waals surface area contributed by atoms with E-state index in [1.54, 1.807) is 11.6 Å². The van der Waals surface area contributed by atoms with Crippen molar-refractivity contribution in [3.8, 4) is 0 Å². The average Bonchev–Trinajstić information content (AvgIpc) is 2.14. The first-order valence-corrected chi connectivity index (χ1v) is 4.67. The van der Waals surface area contributed by atoms with Gasteiger partial charge in [0.1, 0.15) is 0 Å². The molecule has 2 heteroatoms. The van der Waals surface area contributed by atoms with E-state index in [0.717, 1.165) is 21.9 Å². The van der Waals surface area contributed by atoms with Crippen molar-refractivity contribution in [3.05, 3.63) is 45.9 Å². The number of hydrogen-bond donors (Lipinski definition) is 0. The Morgan fingerprint density at radius 1 is 1.14 bits per heavy atom. The molecule has 0 aliphatic heterocycles. The molecule has 0 fully saturated rings. The van der Waals surface area contributed by atoms with E-state index in [9.17, 15) is 4.79 Å². The third-order valence-electron chi connectivity index (χ3n) is 2.62. The number of benzene rings is 1. The Balaban J connectivity index is 3.11. The van der Waals surface area contributed by atoms with Crippen LogP contribution < -0.4 is 5.56 Å². The lowest BCUT2D eigenvalue weighted by Crippen LogP contribution is -2.17. The molecule has 0 aliphatic carbocycles. The van der Waals surface area contributed by atoms with Crippen LogP contribution in [0.5, 0.6) is 0 Å². The van der Waals surface area contributed by atoms with Crippen LogP contribution in [0.4, 0.5) is 0 Å². The number of hydrogen-bond acceptors (Lipinski definition) is 1. The number of aromatic nitrogens is 1. The van der Waals surface area contributed by atoms with Crippen LogP contribution in [0, 0.1) is 13.8 Å². The normalized spacial score (nSPS) is 10.8. The molecule has 2 rings (SSSR count). The van der Waals surface area contributed by atoms with Gasteiger partial charge in [-0.2, -0.15) is 0 Å². The monoisotopic (exact) mass is 187 g/mol. The molecular formula is C12H13NO. The van der Waals surface area contributed by atoms with E-state index in [-0.39, 0.29) is 5.56 Å². The maximum atomic E-state index is 11.9. The highest BCUT2D eigenvalue weighted by molar-refractivity contribution is 5.87. The van der Waals surface area contributed by atoms with E-state index in [4.69, 9.17) is 0 Å². The summed E-state index contributed by atoms with van der Waals surface area (Å²) in [5.74, 6) is 0. The maximum absolute atomic E-state index is 11.9. The van der Waals surface area contributed by atoms with Gasteiger partial charge in [0.15, 0.2) is 0 Å². The lowest BCUT2D eigenvalue weighted by atomic mass is 10.0. The highest BCUT2D eigenvalue weighted by Crippen LogP contribution is 2.17. The summed E-state index contributed by atoms with van der Waals surface area (Å²) in [5, 5.41) is 1.91. The Hall–Kier alpha value is -1.57. The van der Waals surface area contributed by atoms with Crippen molar-refractivity contribution in [3.63, 3.8) is 0 Å². The fourth-order valence-electron chi connectivity index (χ4n) is 1.88. The first kappa shape index (κ1) is 9.00. The van der Waals surface area contributed by atoms with Crippen LogP contribution >= 0.6 is 0 Å². The molecule has 0 radical (unpaired) electrons. The van der Waals surface area contributed by atoms with E-state index >= 15 is 0 Å². The molecule has 0 atom stereocenters. The molecule has 0 amide bonds. The van der Waals surface area contributed by atoms with Gasteiger partial charge < -0.3 is 4.57 Å². The zero-order chi connectivity index (χ0) is 10.3. The molecule has 0 saturated carbocycles. The van der Waals surface area contributed by atoms with Gasteiger partial charge >= 0.3 is 0 Å². The second-order valence-corrected chi connectivity index (χ2v) is 3.73. The molecule has 1 aromatic heterocycles. The van der Waals surface area contributed by atoms with Crippen molar-refractivity contribution in [2.24, 2.45) is 7.05 Å². The third-order valence-corrected chi connectivity index (χ3v) is 2.62. The van der Waals surface area contributed by atoms with Crippen LogP contribution in [0.2, 0.25) is 0 Å². The second-order valence-electron chi connectivity index (χ2n) is 3.73. The summed E-state index contributed by atoms with van der Waals surface area (Å²) < 4.78 is 1.64. The first-order chi connectivity index (χ1) is 6.61. The van der Waals surface area contributed by atoms with Crippen LogP contribution in [0.1, 0.15) is 11.1 Å². The number of aryl methyl sites for hydroxylation is 3. The molecule has 1 aromatic carbocycles. The lowest BCUT2D eigenvalue weighted by molar-refractivity contribution is 0.865. The molecule has 0 saturated heterocycles. The quantitative estimate of drug-likeness (QED) is 0.619. The van der Waals surface area contributed by atoms with Crippen molar-refractivity contribution >= 4 is 10.8 Å². The van der Waals surface area contributed by atoms with Crippen LogP contribution in [0.25, 0.3) is 10.8 Å². The van der Waals surface area contributed by atoms with Gasteiger partial charge in [0.05, 0.1) is 5.39 Å². The number of fused-ring (bicyclic) bond motifs is 1. The third kappa shape index (κ3) is 1.15. The van der Waals surface area contributed by atoms with Crippen molar-refractivity contribution in [2.75, 3.05) is 0 Å². The molecule has 1 heterocycles. The van der Waals surface area contributed by atoms with Gasteiger partial charge in [-0.3, -0.25) is 4.79 Å². The highest BCUT2D eigenvalue weighted by Gasteiger charge is 2.05. The summed E-state index contributed by atoms with van der Waals surface area (Å²) in [6, 6.07) is 5.96. The summed E-state index contributed by atoms with van der Waals surface area (Å²) in [5.41, 5.74) is 2.28. The number of rotatable bonds is 0. The largest absolute Gasteiger partial charge is 0.318 e. The maximum Gasteiger partial charge on any atom is 0.258 e. The van der Waals surface area contributed by atoms with Gasteiger partial charge in [-0.15, -0.1) is 0 Å². The SMILES string of the molecule is Cc1cn(C)c(=O)c2c(C)cccc12. The van der Waals surface area contributed by atoms with Crippen molar-refractivity contribution in [1.29, 1.82) is 0 Å². The van der Waals surface area contributed by atoms with Crippen LogP contribution in [-0.2, 0) is 7.05 Å². The minimum atomic E-state index is 0.0868. The van der Waals surface area contributed by atoms with E-state index < -0.39 is 0 Å². The smallest absolute Gasteiger partial charge is 0.258 e. The lowest BCUT2D eigenvalue weighted by Gasteiger charge is -2.07. The second kappa shape index (κ2) is 2.98. The van der Waals surface area contributed by atoms with Crippen LogP contribution in [0.3, 0.4) is 0 Å². The molecule has 2 aromatic rings. The topological polar surface area (TPSA) is 22.0 Å².